The zero-order valence-electron chi connectivity index (χ0n) is 26.6. The second kappa shape index (κ2) is 21.6. The molecule has 14 heteroatoms. The van der Waals surface area contributed by atoms with Gasteiger partial charge in [-0.3, -0.25) is 14.4 Å². The number of nitrogens with two attached hydrogens (primary N) is 1. The van der Waals surface area contributed by atoms with Crippen molar-refractivity contribution < 1.29 is 49.4 Å². The van der Waals surface area contributed by atoms with Crippen molar-refractivity contribution in [3.05, 3.63) is 71.4 Å². The van der Waals surface area contributed by atoms with E-state index >= 15 is 0 Å². The number of aliphatic hydroxyl groups is 4. The predicted molar refractivity (Wildman–Crippen MR) is 178 cm³/mol. The van der Waals surface area contributed by atoms with Gasteiger partial charge in [-0.05, 0) is 44.8 Å². The number of carbonyl (C=O) groups is 4. The number of ketones is 1. The molecule has 0 heterocycles. The van der Waals surface area contributed by atoms with Gasteiger partial charge < -0.3 is 41.3 Å². The molecule has 0 spiro atoms. The van der Waals surface area contributed by atoms with E-state index in [0.717, 1.165) is 5.57 Å². The Hall–Kier alpha value is -3.26. The van der Waals surface area contributed by atoms with E-state index in [1.807, 2.05) is 6.92 Å². The number of carbonyl (C=O) groups excluding carboxylic acids is 3. The average molecular weight is 702 g/mol. The highest BCUT2D eigenvalue weighted by Gasteiger charge is 2.35. The molecule has 8 unspecified atom stereocenters. The van der Waals surface area contributed by atoms with Gasteiger partial charge in [0.2, 0.25) is 5.91 Å². The van der Waals surface area contributed by atoms with E-state index < -0.39 is 83.9 Å². The SMILES string of the molecule is CC/C=C/C(OC(N)=O)C(Cl)C(O)CC(=O)C(O)C(O)C(C)/C(Cl)=C/C=C/C=C(C)/C=C/C=C/C(=O)NC1C[C@H](C(=O)O)CCC1O. The number of aliphatic carboxylic acids is 1. The maximum Gasteiger partial charge on any atom is 0.405 e. The lowest BCUT2D eigenvalue weighted by molar-refractivity contribution is -0.144. The van der Waals surface area contributed by atoms with Gasteiger partial charge in [-0.1, -0.05) is 73.6 Å². The monoisotopic (exact) mass is 700 g/mol. The summed E-state index contributed by atoms with van der Waals surface area (Å²) in [7, 11) is 0. The molecule has 1 aliphatic rings. The topological polar surface area (TPSA) is 217 Å². The van der Waals surface area contributed by atoms with Crippen molar-refractivity contribution in [1.29, 1.82) is 0 Å². The second-order valence-corrected chi connectivity index (χ2v) is 12.2. The first-order valence-corrected chi connectivity index (χ1v) is 16.0. The number of hydrogen-bond acceptors (Lipinski definition) is 9. The van der Waals surface area contributed by atoms with Crippen LogP contribution in [0.1, 0.15) is 52.9 Å². The predicted octanol–water partition coefficient (Wildman–Crippen LogP) is 3.17. The van der Waals surface area contributed by atoms with Gasteiger partial charge in [0, 0.05) is 23.4 Å². The minimum absolute atomic E-state index is 0.143. The Balaban J connectivity index is 2.66. The number of hydrogen-bond donors (Lipinski definition) is 7. The Labute approximate surface area is 285 Å². The molecule has 0 aromatic heterocycles. The van der Waals surface area contributed by atoms with Crippen molar-refractivity contribution in [3.63, 3.8) is 0 Å². The van der Waals surface area contributed by atoms with Crippen LogP contribution < -0.4 is 11.1 Å². The highest BCUT2D eigenvalue weighted by Crippen LogP contribution is 2.25. The molecular formula is C33H46Cl2N2O10. The number of rotatable bonds is 18. The van der Waals surface area contributed by atoms with Crippen LogP contribution in [0.4, 0.5) is 4.79 Å². The Morgan fingerprint density at radius 2 is 1.68 bits per heavy atom. The highest BCUT2D eigenvalue weighted by atomic mass is 35.5. The van der Waals surface area contributed by atoms with E-state index in [2.05, 4.69) is 5.32 Å². The van der Waals surface area contributed by atoms with E-state index in [-0.39, 0.29) is 11.5 Å². The number of Topliss-reactive ketones (excluding diaryl/α,β-unsaturated/α-hetero) is 1. The molecule has 0 radical (unpaired) electrons. The van der Waals surface area contributed by atoms with Crippen LogP contribution in [0.3, 0.4) is 0 Å². The van der Waals surface area contributed by atoms with Gasteiger partial charge in [0.25, 0.3) is 0 Å². The van der Waals surface area contributed by atoms with Crippen LogP contribution >= 0.6 is 23.2 Å². The maximum absolute atomic E-state index is 12.6. The first-order valence-electron chi connectivity index (χ1n) is 15.2. The second-order valence-electron chi connectivity index (χ2n) is 11.2. The Morgan fingerprint density at radius 1 is 1.04 bits per heavy atom. The number of allylic oxidation sites excluding steroid dienone is 9. The van der Waals surface area contributed by atoms with Crippen LogP contribution in [-0.4, -0.2) is 91.2 Å². The maximum atomic E-state index is 12.6. The Kier molecular flexibility index (Phi) is 19.2. The van der Waals surface area contributed by atoms with E-state index in [9.17, 15) is 44.7 Å². The van der Waals surface area contributed by atoms with Crippen LogP contribution in [0.25, 0.3) is 0 Å². The summed E-state index contributed by atoms with van der Waals surface area (Å²) in [6.07, 6.45) is 8.47. The number of carboxylic acids is 1. The minimum atomic E-state index is -1.88. The fourth-order valence-electron chi connectivity index (χ4n) is 4.58. The molecule has 1 aliphatic carbocycles. The quantitative estimate of drug-likeness (QED) is 0.0479. The fraction of sp³-hybridized carbons (Fsp3) is 0.515. The zero-order valence-corrected chi connectivity index (χ0v) is 28.1. The van der Waals surface area contributed by atoms with Crippen LogP contribution in [0, 0.1) is 11.8 Å². The third-order valence-electron chi connectivity index (χ3n) is 7.44. The largest absolute Gasteiger partial charge is 0.481 e. The molecule has 0 bridgehead atoms. The van der Waals surface area contributed by atoms with Crippen LogP contribution in [0.15, 0.2) is 71.4 Å². The van der Waals surface area contributed by atoms with Crippen molar-refractivity contribution in [2.24, 2.45) is 17.6 Å². The molecule has 262 valence electrons. The number of alkyl halides is 1. The molecule has 2 amide bonds. The van der Waals surface area contributed by atoms with Crippen molar-refractivity contribution in [3.8, 4) is 0 Å². The molecule has 12 nitrogen and oxygen atoms in total. The van der Waals surface area contributed by atoms with Crippen molar-refractivity contribution in [2.75, 3.05) is 0 Å². The molecule has 9 atom stereocenters. The molecule has 1 saturated carbocycles. The van der Waals surface area contributed by atoms with Crippen molar-refractivity contribution in [2.45, 2.75) is 94.8 Å². The van der Waals surface area contributed by atoms with Gasteiger partial charge in [-0.25, -0.2) is 4.79 Å². The summed E-state index contributed by atoms with van der Waals surface area (Å²) in [5.41, 5.74) is 5.85. The summed E-state index contributed by atoms with van der Waals surface area (Å²) in [5, 5.41) is 52.1. The number of amides is 2. The summed E-state index contributed by atoms with van der Waals surface area (Å²) in [6, 6.07) is -0.626. The molecule has 1 rings (SSSR count). The lowest BCUT2D eigenvalue weighted by Crippen LogP contribution is -2.47. The Morgan fingerprint density at radius 3 is 2.30 bits per heavy atom. The molecule has 8 N–H and O–H groups in total. The molecule has 0 aromatic rings. The smallest absolute Gasteiger partial charge is 0.405 e. The van der Waals surface area contributed by atoms with Gasteiger partial charge in [-0.15, -0.1) is 11.6 Å². The van der Waals surface area contributed by atoms with E-state index in [0.29, 0.717) is 19.3 Å². The van der Waals surface area contributed by atoms with Crippen molar-refractivity contribution >= 4 is 47.0 Å². The van der Waals surface area contributed by atoms with Crippen LogP contribution in [0.5, 0.6) is 0 Å². The molecule has 47 heavy (non-hydrogen) atoms. The number of aliphatic hydroxyl groups excluding tert-OH is 4. The first kappa shape index (κ1) is 41.8. The molecule has 0 aromatic carbocycles. The summed E-state index contributed by atoms with van der Waals surface area (Å²) in [5.74, 6) is -3.74. The van der Waals surface area contributed by atoms with Crippen LogP contribution in [0.2, 0.25) is 0 Å². The Bertz CT molecular complexity index is 1250. The van der Waals surface area contributed by atoms with Gasteiger partial charge in [0.05, 0.1) is 30.3 Å². The summed E-state index contributed by atoms with van der Waals surface area (Å²) in [4.78, 5) is 47.1. The van der Waals surface area contributed by atoms with E-state index in [4.69, 9.17) is 33.7 Å². The summed E-state index contributed by atoms with van der Waals surface area (Å²) < 4.78 is 4.88. The van der Waals surface area contributed by atoms with Crippen molar-refractivity contribution in [1.82, 2.24) is 5.32 Å². The van der Waals surface area contributed by atoms with Gasteiger partial charge in [-0.2, -0.15) is 0 Å². The summed E-state index contributed by atoms with van der Waals surface area (Å²) in [6.45, 7) is 5.14. The third-order valence-corrected chi connectivity index (χ3v) is 8.45. The van der Waals surface area contributed by atoms with E-state index in [1.165, 1.54) is 31.2 Å². The summed E-state index contributed by atoms with van der Waals surface area (Å²) >= 11 is 12.5. The fourth-order valence-corrected chi connectivity index (χ4v) is 5.00. The highest BCUT2D eigenvalue weighted by molar-refractivity contribution is 6.30. The zero-order chi connectivity index (χ0) is 35.7. The standard InChI is InChI=1S/C33H46Cl2N2O10/c1-4-5-13-27(47-33(36)46)29(35)25(39)18-26(40)31(43)30(42)20(3)22(34)12-8-6-10-19(2)11-7-9-14-28(41)37-23-17-21(32(44)45)15-16-24(23)38/h5-14,20-21,23-25,27,29-31,38-39,42-43H,4,15-18H2,1-3H3,(H2,36,46)(H,37,41)(H,44,45)/b8-6+,11-7+,13-5+,14-9+,19-10+,22-12-/t20?,21-,23?,24?,25?,27?,29?,30?,31?/m1/s1. The molecule has 0 saturated heterocycles. The van der Waals surface area contributed by atoms with Gasteiger partial charge in [0.15, 0.2) is 5.78 Å². The van der Waals surface area contributed by atoms with Gasteiger partial charge >= 0.3 is 12.1 Å². The lowest BCUT2D eigenvalue weighted by Gasteiger charge is -2.31. The molecular weight excluding hydrogens is 655 g/mol. The normalized spacial score (nSPS) is 23.5. The van der Waals surface area contributed by atoms with Crippen LogP contribution in [-0.2, 0) is 19.1 Å². The third kappa shape index (κ3) is 15.5. The number of carboxylic acid groups (broad SMARTS) is 1. The number of halogens is 2. The minimum Gasteiger partial charge on any atom is -0.481 e. The lowest BCUT2D eigenvalue weighted by atomic mass is 9.84. The first-order chi connectivity index (χ1) is 22.1. The number of primary amides is 1. The molecule has 1 fully saturated rings. The number of nitrogens with one attached hydrogen (secondary N) is 1. The number of ether oxygens (including phenoxy) is 1. The average Bonchev–Trinajstić information content (AvgIpc) is 3.02. The van der Waals surface area contributed by atoms with E-state index in [1.54, 1.807) is 43.4 Å². The molecule has 0 aliphatic heterocycles. The van der Waals surface area contributed by atoms with Gasteiger partial charge in [0.1, 0.15) is 17.6 Å².